The van der Waals surface area contributed by atoms with E-state index >= 15 is 0 Å². The number of aromatic amines is 1. The number of nitrogens with one attached hydrogen (secondary N) is 1. The van der Waals surface area contributed by atoms with Crippen molar-refractivity contribution in [1.82, 2.24) is 19.9 Å². The molecule has 0 bridgehead atoms. The van der Waals surface area contributed by atoms with E-state index in [0.29, 0.717) is 17.5 Å². The summed E-state index contributed by atoms with van der Waals surface area (Å²) < 4.78 is 0. The molecule has 8 aromatic carbocycles. The van der Waals surface area contributed by atoms with Gasteiger partial charge in [-0.15, -0.1) is 0 Å². The fraction of sp³-hybridized carbons (Fsp3) is 0.0377. The number of nitrogens with zero attached hydrogens (tertiary/aromatic N) is 3. The second-order valence-corrected chi connectivity index (χ2v) is 14.8. The van der Waals surface area contributed by atoms with E-state index in [0.717, 1.165) is 73.6 Å². The van der Waals surface area contributed by atoms with Gasteiger partial charge >= 0.3 is 0 Å². The van der Waals surface area contributed by atoms with Crippen LogP contribution in [0.3, 0.4) is 0 Å². The van der Waals surface area contributed by atoms with Crippen molar-refractivity contribution in [2.24, 2.45) is 0 Å². The zero-order valence-corrected chi connectivity index (χ0v) is 31.2. The molecule has 2 heterocycles. The average molecular weight is 729 g/mol. The molecule has 1 aliphatic carbocycles. The van der Waals surface area contributed by atoms with Crippen molar-refractivity contribution in [3.8, 4) is 78.7 Å². The Morgan fingerprint density at radius 1 is 0.333 bits per heavy atom. The Morgan fingerprint density at radius 2 is 0.912 bits per heavy atom. The molecule has 0 saturated heterocycles. The number of aromatic nitrogens is 4. The van der Waals surface area contributed by atoms with Crippen LogP contribution in [0.2, 0.25) is 0 Å². The first-order chi connectivity index (χ1) is 28.2. The molecule has 0 aliphatic heterocycles. The normalized spacial score (nSPS) is 12.1. The molecule has 0 unspecified atom stereocenters. The highest BCUT2D eigenvalue weighted by Gasteiger charge is 2.22. The van der Waals surface area contributed by atoms with E-state index in [1.165, 1.54) is 33.4 Å². The minimum absolute atomic E-state index is 0.634. The number of aryl methyl sites for hydroxylation is 1. The van der Waals surface area contributed by atoms with Crippen molar-refractivity contribution in [2.45, 2.75) is 12.8 Å². The molecule has 1 N–H and O–H groups in total. The van der Waals surface area contributed by atoms with E-state index in [1.807, 2.05) is 18.2 Å². The molecular weight excluding hydrogens is 693 g/mol. The first kappa shape index (κ1) is 33.0. The molecule has 0 amide bonds. The van der Waals surface area contributed by atoms with E-state index in [1.54, 1.807) is 0 Å². The molecule has 0 saturated carbocycles. The second-order valence-electron chi connectivity index (χ2n) is 14.8. The summed E-state index contributed by atoms with van der Waals surface area (Å²) in [6.07, 6.45) is 2.01. The fourth-order valence-electron chi connectivity index (χ4n) is 8.64. The van der Waals surface area contributed by atoms with Gasteiger partial charge in [0.25, 0.3) is 0 Å². The van der Waals surface area contributed by atoms with E-state index in [2.05, 4.69) is 175 Å². The molecular formula is C53H36N4. The summed E-state index contributed by atoms with van der Waals surface area (Å²) in [5, 5.41) is 2.23. The Labute approximate surface area is 331 Å². The zero-order chi connectivity index (χ0) is 37.7. The van der Waals surface area contributed by atoms with Crippen molar-refractivity contribution >= 4 is 21.8 Å². The molecule has 57 heavy (non-hydrogen) atoms. The van der Waals surface area contributed by atoms with Crippen molar-refractivity contribution in [3.05, 3.63) is 199 Å². The highest BCUT2D eigenvalue weighted by atomic mass is 15.0. The molecule has 4 nitrogen and oxygen atoms in total. The van der Waals surface area contributed by atoms with Crippen LogP contribution in [0.25, 0.3) is 100 Å². The maximum Gasteiger partial charge on any atom is 0.164 e. The number of hydrogen-bond acceptors (Lipinski definition) is 3. The lowest BCUT2D eigenvalue weighted by Gasteiger charge is -2.23. The van der Waals surface area contributed by atoms with Gasteiger partial charge in [-0.3, -0.25) is 0 Å². The van der Waals surface area contributed by atoms with Gasteiger partial charge in [0, 0.05) is 38.5 Å². The molecule has 0 atom stereocenters. The average Bonchev–Trinajstić information content (AvgIpc) is 3.68. The lowest BCUT2D eigenvalue weighted by Crippen LogP contribution is -2.05. The number of benzene rings is 8. The van der Waals surface area contributed by atoms with Crippen LogP contribution in [0.4, 0.5) is 0 Å². The lowest BCUT2D eigenvalue weighted by molar-refractivity contribution is 0.944. The Balaban J connectivity index is 1.14. The number of rotatable bonds is 6. The third-order valence-corrected chi connectivity index (χ3v) is 11.4. The van der Waals surface area contributed by atoms with Crippen LogP contribution in [-0.4, -0.2) is 19.9 Å². The third-order valence-electron chi connectivity index (χ3n) is 11.4. The molecule has 4 heteroatoms. The van der Waals surface area contributed by atoms with Crippen LogP contribution < -0.4 is 0 Å². The summed E-state index contributed by atoms with van der Waals surface area (Å²) in [5.41, 5.74) is 17.4. The molecule has 10 aromatic rings. The van der Waals surface area contributed by atoms with Gasteiger partial charge in [0.2, 0.25) is 0 Å². The van der Waals surface area contributed by atoms with Crippen LogP contribution in [0, 0.1) is 0 Å². The maximum atomic E-state index is 5.37. The van der Waals surface area contributed by atoms with Crippen LogP contribution in [0.5, 0.6) is 0 Å². The Kier molecular flexibility index (Phi) is 7.92. The van der Waals surface area contributed by atoms with Crippen LogP contribution >= 0.6 is 0 Å². The van der Waals surface area contributed by atoms with Gasteiger partial charge in [-0.25, -0.2) is 15.0 Å². The smallest absolute Gasteiger partial charge is 0.164 e. The predicted octanol–water partition coefficient (Wildman–Crippen LogP) is 13.3. The number of fused-ring (bicyclic) bond motifs is 6. The lowest BCUT2D eigenvalue weighted by atomic mass is 9.81. The van der Waals surface area contributed by atoms with Gasteiger partial charge in [0.15, 0.2) is 17.5 Å². The number of H-pyrrole nitrogens is 1. The maximum absolute atomic E-state index is 5.37. The van der Waals surface area contributed by atoms with E-state index in [4.69, 9.17) is 15.0 Å². The molecule has 0 fully saturated rings. The minimum Gasteiger partial charge on any atom is -0.354 e. The standard InChI is InChI=1S/C53H36N4/c1-4-14-34(15-5-1)38-27-29-48-47(33-38)50-46(24-13-25-49(50)54-48)53-56-51(37-19-8-3-9-20-37)55-52(57-53)41-31-39(35-16-6-2-7-17-35)30-40(32-41)43-22-12-23-44-42-21-11-10-18-36(42)26-28-45(43)44/h1-25,27,29-33,54H,26,28H2. The summed E-state index contributed by atoms with van der Waals surface area (Å²) in [5.74, 6) is 1.91. The second kappa shape index (κ2) is 13.7. The van der Waals surface area contributed by atoms with Gasteiger partial charge in [-0.1, -0.05) is 152 Å². The van der Waals surface area contributed by atoms with Crippen LogP contribution in [-0.2, 0) is 12.8 Å². The Hall–Kier alpha value is -7.43. The number of hydrogen-bond donors (Lipinski definition) is 1. The quantitative estimate of drug-likeness (QED) is 0.185. The molecule has 0 spiro atoms. The molecule has 0 radical (unpaired) electrons. The molecule has 268 valence electrons. The molecule has 2 aromatic heterocycles. The zero-order valence-electron chi connectivity index (χ0n) is 31.2. The van der Waals surface area contributed by atoms with Crippen molar-refractivity contribution < 1.29 is 0 Å². The van der Waals surface area contributed by atoms with Crippen LogP contribution in [0.15, 0.2) is 188 Å². The van der Waals surface area contributed by atoms with Crippen molar-refractivity contribution in [2.75, 3.05) is 0 Å². The van der Waals surface area contributed by atoms with Gasteiger partial charge in [-0.05, 0) is 105 Å². The topological polar surface area (TPSA) is 54.5 Å². The predicted molar refractivity (Wildman–Crippen MR) is 235 cm³/mol. The Morgan fingerprint density at radius 3 is 1.70 bits per heavy atom. The molecule has 1 aliphatic rings. The largest absolute Gasteiger partial charge is 0.354 e. The third kappa shape index (κ3) is 5.90. The van der Waals surface area contributed by atoms with Crippen molar-refractivity contribution in [3.63, 3.8) is 0 Å². The first-order valence-corrected chi connectivity index (χ1v) is 19.6. The van der Waals surface area contributed by atoms with Crippen LogP contribution in [0.1, 0.15) is 11.1 Å². The van der Waals surface area contributed by atoms with E-state index in [-0.39, 0.29) is 0 Å². The summed E-state index contributed by atoms with van der Waals surface area (Å²) in [4.78, 5) is 19.5. The van der Waals surface area contributed by atoms with Gasteiger partial charge in [0.05, 0.1) is 0 Å². The molecule has 11 rings (SSSR count). The summed E-state index contributed by atoms with van der Waals surface area (Å²) in [6.45, 7) is 0. The van der Waals surface area contributed by atoms with Crippen molar-refractivity contribution in [1.29, 1.82) is 0 Å². The summed E-state index contributed by atoms with van der Waals surface area (Å²) >= 11 is 0. The van der Waals surface area contributed by atoms with E-state index in [9.17, 15) is 0 Å². The van der Waals surface area contributed by atoms with Gasteiger partial charge in [0.1, 0.15) is 0 Å². The van der Waals surface area contributed by atoms with E-state index < -0.39 is 0 Å². The SMILES string of the molecule is c1ccc(-c2cc(-c3nc(-c4ccccc4)nc(-c4cccc5[nH]c6ccc(-c7ccccc7)cc6c45)n3)cc(-c3cccc4c3CCc3ccccc3-4)c2)cc1. The highest BCUT2D eigenvalue weighted by molar-refractivity contribution is 6.14. The Bertz CT molecular complexity index is 3110. The minimum atomic E-state index is 0.634. The summed E-state index contributed by atoms with van der Waals surface area (Å²) in [6, 6.07) is 66.8. The van der Waals surface area contributed by atoms with Gasteiger partial charge < -0.3 is 4.98 Å². The van der Waals surface area contributed by atoms with Gasteiger partial charge in [-0.2, -0.15) is 0 Å². The summed E-state index contributed by atoms with van der Waals surface area (Å²) in [7, 11) is 0. The fourth-order valence-corrected chi connectivity index (χ4v) is 8.64. The monoisotopic (exact) mass is 728 g/mol. The first-order valence-electron chi connectivity index (χ1n) is 19.6. The highest BCUT2D eigenvalue weighted by Crippen LogP contribution is 2.42.